The Labute approximate surface area is 165 Å². The molecule has 2 aliphatic rings. The highest BCUT2D eigenvalue weighted by atomic mass is 32.2. The van der Waals surface area contributed by atoms with E-state index in [9.17, 15) is 14.4 Å². The van der Waals surface area contributed by atoms with Crippen LogP contribution in [0.15, 0.2) is 53.4 Å². The Bertz CT molecular complexity index is 1060. The number of thiocarbonyl (C=S) groups is 1. The fourth-order valence-electron chi connectivity index (χ4n) is 3.18. The maximum Gasteiger partial charge on any atom is 0.271 e. The molecular formula is C20H14N2O3S2. The van der Waals surface area contributed by atoms with Crippen LogP contribution >= 0.6 is 24.0 Å². The van der Waals surface area contributed by atoms with Crippen molar-refractivity contribution in [3.8, 4) is 0 Å². The minimum absolute atomic E-state index is 0.229. The molecule has 1 fully saturated rings. The van der Waals surface area contributed by atoms with Gasteiger partial charge in [0.2, 0.25) is 5.91 Å². The highest BCUT2D eigenvalue weighted by molar-refractivity contribution is 8.27. The molecule has 2 heterocycles. The number of aryl methyl sites for hydroxylation is 1. The van der Waals surface area contributed by atoms with Gasteiger partial charge in [0.05, 0.1) is 21.9 Å². The molecule has 134 valence electrons. The fraction of sp³-hybridized carbons (Fsp3) is 0.100. The molecule has 7 heteroatoms. The van der Waals surface area contributed by atoms with Crippen molar-refractivity contribution in [2.75, 3.05) is 9.80 Å². The summed E-state index contributed by atoms with van der Waals surface area (Å²) in [4.78, 5) is 40.8. The Kier molecular flexibility index (Phi) is 4.20. The fourth-order valence-corrected chi connectivity index (χ4v) is 4.55. The molecule has 0 N–H and O–H groups in total. The van der Waals surface area contributed by atoms with E-state index in [0.717, 1.165) is 22.2 Å². The van der Waals surface area contributed by atoms with Crippen LogP contribution in [0.2, 0.25) is 0 Å². The van der Waals surface area contributed by atoms with E-state index in [1.165, 1.54) is 11.8 Å². The molecule has 2 aromatic rings. The van der Waals surface area contributed by atoms with Gasteiger partial charge in [-0.2, -0.15) is 0 Å². The number of fused-ring (bicyclic) bond motifs is 1. The van der Waals surface area contributed by atoms with Gasteiger partial charge in [0.1, 0.15) is 0 Å². The lowest BCUT2D eigenvalue weighted by Crippen LogP contribution is -2.32. The average Bonchev–Trinajstić information content (AvgIpc) is 3.08. The van der Waals surface area contributed by atoms with Gasteiger partial charge in [0, 0.05) is 12.5 Å². The summed E-state index contributed by atoms with van der Waals surface area (Å²) in [6.45, 7) is 3.29. The minimum atomic E-state index is -0.492. The molecule has 0 bridgehead atoms. The molecule has 0 unspecified atom stereocenters. The second kappa shape index (κ2) is 6.44. The molecule has 3 amide bonds. The van der Waals surface area contributed by atoms with Crippen molar-refractivity contribution in [3.63, 3.8) is 0 Å². The number of carbonyl (C=O) groups is 3. The number of para-hydroxylation sites is 1. The van der Waals surface area contributed by atoms with E-state index in [1.807, 2.05) is 31.2 Å². The maximum atomic E-state index is 13.1. The number of nitrogens with zero attached hydrogens (tertiary/aromatic N) is 2. The van der Waals surface area contributed by atoms with Crippen LogP contribution < -0.4 is 9.80 Å². The Morgan fingerprint density at radius 1 is 1.00 bits per heavy atom. The zero-order chi connectivity index (χ0) is 19.3. The van der Waals surface area contributed by atoms with E-state index in [4.69, 9.17) is 12.2 Å². The molecule has 0 radical (unpaired) electrons. The van der Waals surface area contributed by atoms with E-state index >= 15 is 0 Å². The summed E-state index contributed by atoms with van der Waals surface area (Å²) in [5.74, 6) is -1.23. The zero-order valence-corrected chi connectivity index (χ0v) is 16.2. The Balaban J connectivity index is 1.85. The van der Waals surface area contributed by atoms with E-state index in [1.54, 1.807) is 24.3 Å². The van der Waals surface area contributed by atoms with Crippen LogP contribution in [-0.4, -0.2) is 22.0 Å². The van der Waals surface area contributed by atoms with Gasteiger partial charge in [-0.1, -0.05) is 59.9 Å². The predicted molar refractivity (Wildman–Crippen MR) is 110 cm³/mol. The third-order valence-corrected chi connectivity index (χ3v) is 5.81. The van der Waals surface area contributed by atoms with Gasteiger partial charge in [0.25, 0.3) is 11.8 Å². The first-order valence-electron chi connectivity index (χ1n) is 8.22. The second-order valence-electron chi connectivity index (χ2n) is 6.22. The van der Waals surface area contributed by atoms with Crippen molar-refractivity contribution >= 4 is 63.0 Å². The van der Waals surface area contributed by atoms with E-state index < -0.39 is 11.8 Å². The van der Waals surface area contributed by atoms with E-state index in [0.29, 0.717) is 21.3 Å². The van der Waals surface area contributed by atoms with Crippen molar-refractivity contribution in [3.05, 3.63) is 64.6 Å². The summed E-state index contributed by atoms with van der Waals surface area (Å²) in [5.41, 5.74) is 3.01. The van der Waals surface area contributed by atoms with Crippen molar-refractivity contribution in [1.29, 1.82) is 0 Å². The largest absolute Gasteiger partial charge is 0.274 e. The number of rotatable bonds is 1. The van der Waals surface area contributed by atoms with Gasteiger partial charge < -0.3 is 0 Å². The van der Waals surface area contributed by atoms with Crippen LogP contribution in [0.5, 0.6) is 0 Å². The Morgan fingerprint density at radius 2 is 1.67 bits per heavy atom. The Morgan fingerprint density at radius 3 is 2.33 bits per heavy atom. The number of amides is 3. The molecule has 1 saturated heterocycles. The van der Waals surface area contributed by atoms with Crippen LogP contribution in [-0.2, 0) is 14.4 Å². The molecular weight excluding hydrogens is 380 g/mol. The number of thioether (sulfide) groups is 1. The van der Waals surface area contributed by atoms with Crippen molar-refractivity contribution in [1.82, 2.24) is 0 Å². The molecule has 0 atom stereocenters. The third-order valence-electron chi connectivity index (χ3n) is 4.43. The van der Waals surface area contributed by atoms with Gasteiger partial charge in [-0.15, -0.1) is 0 Å². The van der Waals surface area contributed by atoms with Gasteiger partial charge >= 0.3 is 0 Å². The van der Waals surface area contributed by atoms with Gasteiger partial charge in [0.15, 0.2) is 4.32 Å². The summed E-state index contributed by atoms with van der Waals surface area (Å²) in [5, 5.41) is 0. The molecule has 0 spiro atoms. The topological polar surface area (TPSA) is 57.7 Å². The molecule has 27 heavy (non-hydrogen) atoms. The number of benzene rings is 2. The highest BCUT2D eigenvalue weighted by Crippen LogP contribution is 2.45. The van der Waals surface area contributed by atoms with Crippen LogP contribution in [0.4, 0.5) is 11.4 Å². The molecule has 2 aliphatic heterocycles. The summed E-state index contributed by atoms with van der Waals surface area (Å²) >= 11 is 6.49. The summed E-state index contributed by atoms with van der Waals surface area (Å²) < 4.78 is 0.359. The smallest absolute Gasteiger partial charge is 0.271 e. The number of hydrogen-bond donors (Lipinski definition) is 0. The quantitative estimate of drug-likeness (QED) is 0.546. The number of carbonyl (C=O) groups excluding carboxylic acids is 3. The van der Waals surface area contributed by atoms with Crippen LogP contribution in [0, 0.1) is 6.92 Å². The number of imide groups is 1. The molecule has 2 aromatic carbocycles. The van der Waals surface area contributed by atoms with Crippen LogP contribution in [0.25, 0.3) is 5.57 Å². The summed E-state index contributed by atoms with van der Waals surface area (Å²) in [6.07, 6.45) is 0. The summed E-state index contributed by atoms with van der Waals surface area (Å²) in [6, 6.07) is 14.4. The standard InChI is InChI=1S/C20H14N2O3S2/c1-11-7-9-13(10-8-11)22-19(25)17(27-20(22)26)16-14-5-3-4-6-15(14)21(12(2)23)18(16)24/h3-10H,1-2H3/b17-16-. The third kappa shape index (κ3) is 2.70. The van der Waals surface area contributed by atoms with Crippen molar-refractivity contribution in [2.24, 2.45) is 0 Å². The highest BCUT2D eigenvalue weighted by Gasteiger charge is 2.43. The van der Waals surface area contributed by atoms with Crippen molar-refractivity contribution < 1.29 is 14.4 Å². The first kappa shape index (κ1) is 17.6. The lowest BCUT2D eigenvalue weighted by atomic mass is 10.1. The second-order valence-corrected chi connectivity index (χ2v) is 7.87. The molecule has 5 nitrogen and oxygen atoms in total. The van der Waals surface area contributed by atoms with Crippen LogP contribution in [0.1, 0.15) is 18.1 Å². The predicted octanol–water partition coefficient (Wildman–Crippen LogP) is 3.66. The lowest BCUT2D eigenvalue weighted by molar-refractivity contribution is -0.122. The minimum Gasteiger partial charge on any atom is -0.274 e. The first-order chi connectivity index (χ1) is 12.9. The molecule has 0 saturated carbocycles. The first-order valence-corrected chi connectivity index (χ1v) is 9.44. The molecule has 4 rings (SSSR count). The Hall–Kier alpha value is -2.77. The molecule has 0 aliphatic carbocycles. The lowest BCUT2D eigenvalue weighted by Gasteiger charge is -2.14. The van der Waals surface area contributed by atoms with Gasteiger partial charge in [-0.25, -0.2) is 4.90 Å². The van der Waals surface area contributed by atoms with E-state index in [2.05, 4.69) is 0 Å². The zero-order valence-electron chi connectivity index (χ0n) is 14.6. The van der Waals surface area contributed by atoms with Crippen molar-refractivity contribution in [2.45, 2.75) is 13.8 Å². The molecule has 0 aromatic heterocycles. The van der Waals surface area contributed by atoms with Gasteiger partial charge in [-0.3, -0.25) is 19.3 Å². The average molecular weight is 394 g/mol. The van der Waals surface area contributed by atoms with E-state index in [-0.39, 0.29) is 16.4 Å². The summed E-state index contributed by atoms with van der Waals surface area (Å²) in [7, 11) is 0. The number of anilines is 2. The monoisotopic (exact) mass is 394 g/mol. The SMILES string of the molecule is CC(=O)N1C(=O)/C(=C2\SC(=S)N(c3ccc(C)cc3)C2=O)c2ccccc21. The van der Waals surface area contributed by atoms with Crippen LogP contribution in [0.3, 0.4) is 0 Å². The maximum absolute atomic E-state index is 13.1. The normalized spacial score (nSPS) is 19.1. The van der Waals surface area contributed by atoms with Gasteiger partial charge in [-0.05, 0) is 25.1 Å². The number of hydrogen-bond acceptors (Lipinski definition) is 5.